The number of ether oxygens (including phenoxy) is 1. The van der Waals surface area contributed by atoms with Crippen molar-refractivity contribution in [3.8, 4) is 5.75 Å². The summed E-state index contributed by atoms with van der Waals surface area (Å²) in [5.74, 6) is -0.331. The fourth-order valence-corrected chi connectivity index (χ4v) is 3.22. The van der Waals surface area contributed by atoms with Gasteiger partial charge in [-0.25, -0.2) is 0 Å². The molecule has 0 saturated carbocycles. The van der Waals surface area contributed by atoms with Crippen molar-refractivity contribution in [2.24, 2.45) is 0 Å². The van der Waals surface area contributed by atoms with E-state index >= 15 is 0 Å². The minimum Gasteiger partial charge on any atom is -0.493 e. The molecule has 1 aliphatic heterocycles. The van der Waals surface area contributed by atoms with Crippen LogP contribution in [0.5, 0.6) is 5.75 Å². The van der Waals surface area contributed by atoms with Gasteiger partial charge in [0.2, 0.25) is 0 Å². The number of furan rings is 1. The minimum absolute atomic E-state index is 0.172. The SMILES string of the molecule is CCc1cccc2c1OCCC2NC(=O)c1c(C)coc1CC(=O)O. The van der Waals surface area contributed by atoms with E-state index in [4.69, 9.17) is 14.3 Å². The quantitative estimate of drug-likeness (QED) is 0.871. The van der Waals surface area contributed by atoms with Gasteiger partial charge >= 0.3 is 5.97 Å². The molecule has 1 aromatic carbocycles. The number of aryl methyl sites for hydroxylation is 2. The molecule has 0 saturated heterocycles. The Hall–Kier alpha value is -2.76. The Labute approximate surface area is 145 Å². The lowest BCUT2D eigenvalue weighted by atomic mass is 9.96. The highest BCUT2D eigenvalue weighted by Crippen LogP contribution is 2.35. The second-order valence-corrected chi connectivity index (χ2v) is 6.14. The molecule has 3 rings (SSSR count). The molecule has 1 amide bonds. The summed E-state index contributed by atoms with van der Waals surface area (Å²) in [6.45, 7) is 4.33. The molecule has 1 aromatic heterocycles. The van der Waals surface area contributed by atoms with Crippen molar-refractivity contribution in [3.05, 3.63) is 52.5 Å². The van der Waals surface area contributed by atoms with Gasteiger partial charge in [0.1, 0.15) is 17.9 Å². The van der Waals surface area contributed by atoms with Crippen molar-refractivity contribution in [3.63, 3.8) is 0 Å². The number of nitrogens with one attached hydrogen (secondary N) is 1. The van der Waals surface area contributed by atoms with E-state index in [1.807, 2.05) is 18.2 Å². The van der Waals surface area contributed by atoms with E-state index in [2.05, 4.69) is 12.2 Å². The van der Waals surface area contributed by atoms with Crippen LogP contribution in [0.3, 0.4) is 0 Å². The molecule has 1 atom stereocenters. The van der Waals surface area contributed by atoms with E-state index in [0.29, 0.717) is 24.2 Å². The number of carboxylic acids is 1. The van der Waals surface area contributed by atoms with Crippen LogP contribution in [0, 0.1) is 6.92 Å². The third-order valence-electron chi connectivity index (χ3n) is 4.43. The predicted molar refractivity (Wildman–Crippen MR) is 90.9 cm³/mol. The number of aliphatic carboxylic acids is 1. The summed E-state index contributed by atoms with van der Waals surface area (Å²) < 4.78 is 11.1. The van der Waals surface area contributed by atoms with Crippen LogP contribution in [0.1, 0.15) is 52.2 Å². The molecule has 132 valence electrons. The lowest BCUT2D eigenvalue weighted by Gasteiger charge is -2.28. The van der Waals surface area contributed by atoms with E-state index in [-0.39, 0.29) is 24.1 Å². The zero-order chi connectivity index (χ0) is 18.0. The monoisotopic (exact) mass is 343 g/mol. The third-order valence-corrected chi connectivity index (χ3v) is 4.43. The molecule has 1 aliphatic rings. The average molecular weight is 343 g/mol. The highest BCUT2D eigenvalue weighted by Gasteiger charge is 2.27. The van der Waals surface area contributed by atoms with Gasteiger partial charge in [0, 0.05) is 17.5 Å². The lowest BCUT2D eigenvalue weighted by Crippen LogP contribution is -2.33. The molecular formula is C19H21NO5. The number of carboxylic acid groups (broad SMARTS) is 1. The maximum Gasteiger partial charge on any atom is 0.311 e. The summed E-state index contributed by atoms with van der Waals surface area (Å²) in [5, 5.41) is 12.0. The number of fused-ring (bicyclic) bond motifs is 1. The first-order chi connectivity index (χ1) is 12.0. The number of amides is 1. The molecule has 2 N–H and O–H groups in total. The van der Waals surface area contributed by atoms with Gasteiger partial charge in [0.25, 0.3) is 5.91 Å². The van der Waals surface area contributed by atoms with Gasteiger partial charge in [0.15, 0.2) is 0 Å². The zero-order valence-corrected chi connectivity index (χ0v) is 14.3. The molecule has 1 unspecified atom stereocenters. The lowest BCUT2D eigenvalue weighted by molar-refractivity contribution is -0.136. The van der Waals surface area contributed by atoms with Crippen LogP contribution in [0.15, 0.2) is 28.9 Å². The van der Waals surface area contributed by atoms with Crippen LogP contribution in [0.25, 0.3) is 0 Å². The molecule has 2 aromatic rings. The molecule has 0 radical (unpaired) electrons. The van der Waals surface area contributed by atoms with Gasteiger partial charge in [-0.3, -0.25) is 9.59 Å². The molecule has 0 fully saturated rings. The summed E-state index contributed by atoms with van der Waals surface area (Å²) in [6.07, 6.45) is 2.62. The second kappa shape index (κ2) is 7.01. The van der Waals surface area contributed by atoms with E-state index in [0.717, 1.165) is 23.3 Å². The number of carbonyl (C=O) groups is 2. The van der Waals surface area contributed by atoms with Crippen LogP contribution in [-0.2, 0) is 17.6 Å². The summed E-state index contributed by atoms with van der Waals surface area (Å²) in [7, 11) is 0. The van der Waals surface area contributed by atoms with E-state index < -0.39 is 5.97 Å². The minimum atomic E-state index is -1.03. The number of hydrogen-bond donors (Lipinski definition) is 2. The summed E-state index contributed by atoms with van der Waals surface area (Å²) >= 11 is 0. The molecule has 0 aliphatic carbocycles. The van der Waals surface area contributed by atoms with Crippen LogP contribution in [0.2, 0.25) is 0 Å². The maximum absolute atomic E-state index is 12.8. The molecule has 6 heteroatoms. The summed E-state index contributed by atoms with van der Waals surface area (Å²) in [6, 6.07) is 5.77. The van der Waals surface area contributed by atoms with Gasteiger partial charge in [0.05, 0.1) is 24.5 Å². The average Bonchev–Trinajstić information content (AvgIpc) is 2.94. The Morgan fingerprint density at radius 2 is 2.16 bits per heavy atom. The van der Waals surface area contributed by atoms with Crippen LogP contribution < -0.4 is 10.1 Å². The van der Waals surface area contributed by atoms with Crippen molar-refractivity contribution < 1.29 is 23.8 Å². The Balaban J connectivity index is 1.86. The standard InChI is InChI=1S/C19H21NO5/c1-3-12-5-4-6-13-14(7-8-24-18(12)13)20-19(23)17-11(2)10-25-15(17)9-16(21)22/h4-6,10,14H,3,7-9H2,1-2H3,(H,20,23)(H,21,22). The van der Waals surface area contributed by atoms with Crippen LogP contribution in [-0.4, -0.2) is 23.6 Å². The molecule has 6 nitrogen and oxygen atoms in total. The van der Waals surface area contributed by atoms with Crippen molar-refractivity contribution >= 4 is 11.9 Å². The third kappa shape index (κ3) is 3.38. The Bertz CT molecular complexity index is 808. The largest absolute Gasteiger partial charge is 0.493 e. The van der Waals surface area contributed by atoms with E-state index in [9.17, 15) is 9.59 Å². The number of para-hydroxylation sites is 1. The van der Waals surface area contributed by atoms with Crippen LogP contribution >= 0.6 is 0 Å². The summed E-state index contributed by atoms with van der Waals surface area (Å²) in [4.78, 5) is 23.7. The highest BCUT2D eigenvalue weighted by molar-refractivity contribution is 5.97. The number of rotatable bonds is 5. The van der Waals surface area contributed by atoms with Gasteiger partial charge in [-0.05, 0) is 18.9 Å². The van der Waals surface area contributed by atoms with Crippen molar-refractivity contribution in [2.75, 3.05) is 6.61 Å². The van der Waals surface area contributed by atoms with Crippen molar-refractivity contribution in [1.82, 2.24) is 5.32 Å². The van der Waals surface area contributed by atoms with Crippen molar-refractivity contribution in [2.45, 2.75) is 39.2 Å². The van der Waals surface area contributed by atoms with Gasteiger partial charge < -0.3 is 19.6 Å². The first-order valence-electron chi connectivity index (χ1n) is 8.35. The molecule has 0 spiro atoms. The molecule has 2 heterocycles. The predicted octanol–water partition coefficient (Wildman–Crippen LogP) is 3.03. The maximum atomic E-state index is 12.8. The smallest absolute Gasteiger partial charge is 0.311 e. The Morgan fingerprint density at radius 1 is 1.36 bits per heavy atom. The zero-order valence-electron chi connectivity index (χ0n) is 14.3. The fraction of sp³-hybridized carbons (Fsp3) is 0.368. The van der Waals surface area contributed by atoms with Gasteiger partial charge in [-0.1, -0.05) is 25.1 Å². The second-order valence-electron chi connectivity index (χ2n) is 6.14. The highest BCUT2D eigenvalue weighted by atomic mass is 16.5. The molecule has 25 heavy (non-hydrogen) atoms. The van der Waals surface area contributed by atoms with Crippen LogP contribution in [0.4, 0.5) is 0 Å². The number of carbonyl (C=O) groups excluding carboxylic acids is 1. The normalized spacial score (nSPS) is 16.0. The first-order valence-corrected chi connectivity index (χ1v) is 8.35. The number of hydrogen-bond acceptors (Lipinski definition) is 4. The Morgan fingerprint density at radius 3 is 2.88 bits per heavy atom. The Kier molecular flexibility index (Phi) is 4.79. The molecular weight excluding hydrogens is 322 g/mol. The molecule has 0 bridgehead atoms. The van der Waals surface area contributed by atoms with Gasteiger partial charge in [-0.15, -0.1) is 0 Å². The number of benzene rings is 1. The van der Waals surface area contributed by atoms with E-state index in [1.54, 1.807) is 6.92 Å². The first kappa shape index (κ1) is 17.1. The van der Waals surface area contributed by atoms with Crippen molar-refractivity contribution in [1.29, 1.82) is 0 Å². The summed E-state index contributed by atoms with van der Waals surface area (Å²) in [5.41, 5.74) is 3.01. The topological polar surface area (TPSA) is 88.8 Å². The van der Waals surface area contributed by atoms with Gasteiger partial charge in [-0.2, -0.15) is 0 Å². The fourth-order valence-electron chi connectivity index (χ4n) is 3.22. The van der Waals surface area contributed by atoms with E-state index in [1.165, 1.54) is 6.26 Å².